The first-order valence-electron chi connectivity index (χ1n) is 11.2. The summed E-state index contributed by atoms with van der Waals surface area (Å²) in [7, 11) is 0. The second-order valence-electron chi connectivity index (χ2n) is 7.97. The van der Waals surface area contributed by atoms with Crippen molar-refractivity contribution in [2.45, 2.75) is 0 Å². The number of rotatable bonds is 6. The molecule has 36 heavy (non-hydrogen) atoms. The average Bonchev–Trinajstić information content (AvgIpc) is 3.63. The van der Waals surface area contributed by atoms with Gasteiger partial charge in [0.05, 0.1) is 16.4 Å². The highest BCUT2D eigenvalue weighted by Crippen LogP contribution is 2.32. The molecule has 4 aromatic heterocycles. The van der Waals surface area contributed by atoms with Crippen molar-refractivity contribution in [3.63, 3.8) is 0 Å². The van der Waals surface area contributed by atoms with Crippen LogP contribution in [0.1, 0.15) is 10.5 Å². The standard InChI is InChI=1S/C27H19N7OS/c35-27(23-6-1-2-12-28-23)32-21-5-3-4-18(14-21)25-33-22-11-13-36-24(22)26(34-25)31-20-9-7-17(8-10-20)19-15-29-30-16-19/h1-16H,(H,29,30)(H,32,35)(H,31,33,34). The van der Waals surface area contributed by atoms with Gasteiger partial charge in [0.2, 0.25) is 0 Å². The molecular weight excluding hydrogens is 470 g/mol. The summed E-state index contributed by atoms with van der Waals surface area (Å²) in [6.07, 6.45) is 5.25. The summed E-state index contributed by atoms with van der Waals surface area (Å²) in [5.41, 5.74) is 5.65. The molecule has 174 valence electrons. The number of anilines is 3. The molecular formula is C27H19N7OS. The van der Waals surface area contributed by atoms with Crippen LogP contribution in [-0.2, 0) is 0 Å². The first kappa shape index (κ1) is 21.6. The van der Waals surface area contributed by atoms with Gasteiger partial charge in [0.25, 0.3) is 5.91 Å². The van der Waals surface area contributed by atoms with Crippen LogP contribution < -0.4 is 10.6 Å². The Morgan fingerprint density at radius 3 is 2.58 bits per heavy atom. The van der Waals surface area contributed by atoms with E-state index in [9.17, 15) is 4.79 Å². The number of nitrogens with zero attached hydrogens (tertiary/aromatic N) is 4. The molecule has 2 aromatic carbocycles. The van der Waals surface area contributed by atoms with E-state index < -0.39 is 0 Å². The Balaban J connectivity index is 1.29. The summed E-state index contributed by atoms with van der Waals surface area (Å²) in [5, 5.41) is 15.2. The van der Waals surface area contributed by atoms with E-state index in [4.69, 9.17) is 9.97 Å². The summed E-state index contributed by atoms with van der Waals surface area (Å²) in [5.74, 6) is 1.01. The molecule has 0 atom stereocenters. The molecule has 6 rings (SSSR count). The number of carbonyl (C=O) groups excluding carboxylic acids is 1. The largest absolute Gasteiger partial charge is 0.339 e. The fourth-order valence-electron chi connectivity index (χ4n) is 3.80. The molecule has 8 nitrogen and oxygen atoms in total. The number of H-pyrrole nitrogens is 1. The van der Waals surface area contributed by atoms with E-state index in [1.807, 2.05) is 66.2 Å². The van der Waals surface area contributed by atoms with Gasteiger partial charge in [-0.3, -0.25) is 14.9 Å². The van der Waals surface area contributed by atoms with Crippen LogP contribution >= 0.6 is 11.3 Å². The average molecular weight is 490 g/mol. The van der Waals surface area contributed by atoms with E-state index >= 15 is 0 Å². The van der Waals surface area contributed by atoms with Crippen LogP contribution in [-0.4, -0.2) is 31.1 Å². The number of hydrogen-bond donors (Lipinski definition) is 3. The predicted molar refractivity (Wildman–Crippen MR) is 142 cm³/mol. The van der Waals surface area contributed by atoms with Crippen molar-refractivity contribution in [3.05, 3.63) is 102 Å². The quantitative estimate of drug-likeness (QED) is 0.259. The van der Waals surface area contributed by atoms with Crippen LogP contribution in [0.5, 0.6) is 0 Å². The van der Waals surface area contributed by atoms with Gasteiger partial charge in [-0.05, 0) is 53.4 Å². The zero-order valence-electron chi connectivity index (χ0n) is 18.8. The van der Waals surface area contributed by atoms with E-state index in [1.54, 1.807) is 41.9 Å². The molecule has 0 aliphatic carbocycles. The number of thiophene rings is 1. The van der Waals surface area contributed by atoms with Gasteiger partial charge in [-0.25, -0.2) is 9.97 Å². The first-order chi connectivity index (χ1) is 17.7. The van der Waals surface area contributed by atoms with Crippen LogP contribution in [0.2, 0.25) is 0 Å². The van der Waals surface area contributed by atoms with Gasteiger partial charge in [-0.2, -0.15) is 5.10 Å². The van der Waals surface area contributed by atoms with Crippen molar-refractivity contribution in [1.29, 1.82) is 0 Å². The molecule has 9 heteroatoms. The van der Waals surface area contributed by atoms with Gasteiger partial charge in [-0.1, -0.05) is 30.3 Å². The van der Waals surface area contributed by atoms with Gasteiger partial charge in [-0.15, -0.1) is 11.3 Å². The number of hydrogen-bond acceptors (Lipinski definition) is 7. The maximum atomic E-state index is 12.5. The van der Waals surface area contributed by atoms with Crippen LogP contribution in [0.4, 0.5) is 17.2 Å². The second kappa shape index (κ2) is 9.40. The Morgan fingerprint density at radius 1 is 0.861 bits per heavy atom. The van der Waals surface area contributed by atoms with E-state index in [0.29, 0.717) is 17.2 Å². The molecule has 0 saturated heterocycles. The number of benzene rings is 2. The van der Waals surface area contributed by atoms with Crippen LogP contribution in [0.15, 0.2) is 96.8 Å². The Labute approximate surface area is 210 Å². The third kappa shape index (κ3) is 4.42. The van der Waals surface area contributed by atoms with Crippen molar-refractivity contribution in [2.24, 2.45) is 0 Å². The maximum Gasteiger partial charge on any atom is 0.274 e. The molecule has 0 radical (unpaired) electrons. The summed E-state index contributed by atoms with van der Waals surface area (Å²) in [6, 6.07) is 22.8. The Hall–Kier alpha value is -4.89. The summed E-state index contributed by atoms with van der Waals surface area (Å²) in [6.45, 7) is 0. The molecule has 0 fully saturated rings. The van der Waals surface area contributed by atoms with Gasteiger partial charge < -0.3 is 10.6 Å². The third-order valence-corrected chi connectivity index (χ3v) is 6.47. The third-order valence-electron chi connectivity index (χ3n) is 5.56. The molecule has 0 bridgehead atoms. The zero-order chi connectivity index (χ0) is 24.3. The number of carbonyl (C=O) groups is 1. The van der Waals surface area contributed by atoms with E-state index in [0.717, 1.165) is 38.4 Å². The molecule has 0 unspecified atom stereocenters. The van der Waals surface area contributed by atoms with Gasteiger partial charge in [0, 0.05) is 34.9 Å². The van der Waals surface area contributed by atoms with Crippen LogP contribution in [0.3, 0.4) is 0 Å². The minimum Gasteiger partial charge on any atom is -0.339 e. The summed E-state index contributed by atoms with van der Waals surface area (Å²) in [4.78, 5) is 26.2. The highest BCUT2D eigenvalue weighted by molar-refractivity contribution is 7.17. The number of fused-ring (bicyclic) bond motifs is 1. The van der Waals surface area contributed by atoms with E-state index in [1.165, 1.54) is 0 Å². The molecule has 6 aromatic rings. The molecule has 0 saturated carbocycles. The lowest BCUT2D eigenvalue weighted by Crippen LogP contribution is -2.13. The van der Waals surface area contributed by atoms with Crippen molar-refractivity contribution < 1.29 is 4.79 Å². The Bertz CT molecular complexity index is 1650. The molecule has 0 aliphatic heterocycles. The fraction of sp³-hybridized carbons (Fsp3) is 0. The van der Waals surface area contributed by atoms with Crippen LogP contribution in [0, 0.1) is 0 Å². The monoisotopic (exact) mass is 489 g/mol. The van der Waals surface area contributed by atoms with E-state index in [2.05, 4.69) is 25.8 Å². The maximum absolute atomic E-state index is 12.5. The molecule has 3 N–H and O–H groups in total. The number of pyridine rings is 1. The Morgan fingerprint density at radius 2 is 1.78 bits per heavy atom. The lowest BCUT2D eigenvalue weighted by atomic mass is 10.1. The van der Waals surface area contributed by atoms with Crippen molar-refractivity contribution in [1.82, 2.24) is 25.1 Å². The summed E-state index contributed by atoms with van der Waals surface area (Å²) >= 11 is 1.58. The van der Waals surface area contributed by atoms with Crippen molar-refractivity contribution in [3.8, 4) is 22.5 Å². The Kier molecular flexibility index (Phi) is 5.65. The normalized spacial score (nSPS) is 10.9. The molecule has 0 spiro atoms. The minimum absolute atomic E-state index is 0.275. The fourth-order valence-corrected chi connectivity index (χ4v) is 4.57. The number of amides is 1. The highest BCUT2D eigenvalue weighted by atomic mass is 32.1. The second-order valence-corrected chi connectivity index (χ2v) is 8.89. The lowest BCUT2D eigenvalue weighted by Gasteiger charge is -2.11. The molecule has 1 amide bonds. The molecule has 4 heterocycles. The predicted octanol–water partition coefficient (Wildman–Crippen LogP) is 6.14. The lowest BCUT2D eigenvalue weighted by molar-refractivity contribution is 0.102. The number of nitrogens with one attached hydrogen (secondary N) is 3. The summed E-state index contributed by atoms with van der Waals surface area (Å²) < 4.78 is 0.970. The highest BCUT2D eigenvalue weighted by Gasteiger charge is 2.13. The number of aromatic amines is 1. The van der Waals surface area contributed by atoms with E-state index in [-0.39, 0.29) is 5.91 Å². The van der Waals surface area contributed by atoms with Gasteiger partial charge in [0.1, 0.15) is 5.69 Å². The van der Waals surface area contributed by atoms with Gasteiger partial charge in [0.15, 0.2) is 11.6 Å². The zero-order valence-corrected chi connectivity index (χ0v) is 19.7. The SMILES string of the molecule is O=C(Nc1cccc(-c2nc(Nc3ccc(-c4cn[nH]c4)cc3)c3sccc3n2)c1)c1ccccn1. The molecule has 0 aliphatic rings. The smallest absolute Gasteiger partial charge is 0.274 e. The van der Waals surface area contributed by atoms with Crippen molar-refractivity contribution >= 4 is 44.7 Å². The van der Waals surface area contributed by atoms with Crippen LogP contribution in [0.25, 0.3) is 32.7 Å². The number of aromatic nitrogens is 5. The topological polar surface area (TPSA) is 108 Å². The van der Waals surface area contributed by atoms with Crippen molar-refractivity contribution in [2.75, 3.05) is 10.6 Å². The first-order valence-corrected chi connectivity index (χ1v) is 12.1. The van der Waals surface area contributed by atoms with Gasteiger partial charge >= 0.3 is 0 Å². The minimum atomic E-state index is -0.275.